The lowest BCUT2D eigenvalue weighted by Crippen LogP contribution is -2.33. The molecule has 0 saturated heterocycles. The van der Waals surface area contributed by atoms with Crippen molar-refractivity contribution in [3.63, 3.8) is 0 Å². The number of carbonyl (C=O) groups excluding carboxylic acids is 2. The number of amides is 1. The first-order chi connectivity index (χ1) is 23.2. The van der Waals surface area contributed by atoms with Gasteiger partial charge in [-0.3, -0.25) is 9.59 Å². The Bertz CT molecular complexity index is 1910. The van der Waals surface area contributed by atoms with Crippen LogP contribution in [0, 0.1) is 12.8 Å². The summed E-state index contributed by atoms with van der Waals surface area (Å²) < 4.78 is 0. The van der Waals surface area contributed by atoms with Crippen molar-refractivity contribution in [2.75, 3.05) is 6.54 Å². The van der Waals surface area contributed by atoms with Gasteiger partial charge in [-0.15, -0.1) is 0 Å². The van der Waals surface area contributed by atoms with Crippen LogP contribution < -0.4 is 16.1 Å². The van der Waals surface area contributed by atoms with Crippen molar-refractivity contribution in [3.05, 3.63) is 112 Å². The summed E-state index contributed by atoms with van der Waals surface area (Å²) in [5.74, 6) is 0.339. The number of aryl methyl sites for hydroxylation is 2. The fourth-order valence-electron chi connectivity index (χ4n) is 8.45. The SMILES string of the molecule is Bc1cc2nc3c(c4c2c(c1C)CCC4NC(=O)CCCNC(=C)CCCc1ccccc1)CN1C(=C)C2=C(C=C31)C(CC)C(=O)CC2. The third-order valence-electron chi connectivity index (χ3n) is 11.1. The van der Waals surface area contributed by atoms with Crippen molar-refractivity contribution >= 4 is 41.6 Å². The van der Waals surface area contributed by atoms with Crippen LogP contribution in [0.4, 0.5) is 0 Å². The van der Waals surface area contributed by atoms with E-state index in [2.05, 4.69) is 86.8 Å². The molecular formula is C41H47BN4O2. The van der Waals surface area contributed by atoms with Gasteiger partial charge in [0, 0.05) is 47.6 Å². The minimum Gasteiger partial charge on any atom is -0.389 e. The van der Waals surface area contributed by atoms with Crippen LogP contribution in [0.25, 0.3) is 16.6 Å². The van der Waals surface area contributed by atoms with Crippen molar-refractivity contribution in [1.82, 2.24) is 20.5 Å². The number of allylic oxidation sites excluding steroid dienone is 4. The molecule has 0 saturated carbocycles. The smallest absolute Gasteiger partial charge is 0.220 e. The molecule has 2 atom stereocenters. The summed E-state index contributed by atoms with van der Waals surface area (Å²) in [6.45, 7) is 14.5. The van der Waals surface area contributed by atoms with E-state index in [0.717, 1.165) is 91.8 Å². The molecule has 4 aliphatic rings. The molecule has 246 valence electrons. The number of pyridine rings is 1. The lowest BCUT2D eigenvalue weighted by atomic mass is 9.77. The zero-order chi connectivity index (χ0) is 33.5. The van der Waals surface area contributed by atoms with Gasteiger partial charge in [0.05, 0.1) is 29.5 Å². The van der Waals surface area contributed by atoms with Gasteiger partial charge in [0.15, 0.2) is 0 Å². The molecule has 3 heterocycles. The molecule has 3 aromatic rings. The van der Waals surface area contributed by atoms with Crippen molar-refractivity contribution in [2.45, 2.75) is 90.6 Å². The van der Waals surface area contributed by atoms with Gasteiger partial charge in [-0.05, 0) is 98.3 Å². The number of benzene rings is 2. The quantitative estimate of drug-likeness (QED) is 0.194. The highest BCUT2D eigenvalue weighted by Gasteiger charge is 2.41. The van der Waals surface area contributed by atoms with Gasteiger partial charge < -0.3 is 15.5 Å². The van der Waals surface area contributed by atoms with E-state index in [-0.39, 0.29) is 17.9 Å². The van der Waals surface area contributed by atoms with E-state index < -0.39 is 0 Å². The predicted molar refractivity (Wildman–Crippen MR) is 197 cm³/mol. The maximum absolute atomic E-state index is 13.5. The average Bonchev–Trinajstić information content (AvgIpc) is 3.45. The number of Topliss-reactive ketones (excluding diaryl/α,β-unsaturated/α-hetero) is 1. The number of carbonyl (C=O) groups is 2. The Morgan fingerprint density at radius 3 is 2.71 bits per heavy atom. The highest BCUT2D eigenvalue weighted by Crippen LogP contribution is 2.50. The van der Waals surface area contributed by atoms with E-state index in [9.17, 15) is 9.59 Å². The molecule has 2 aliphatic heterocycles. The number of aromatic nitrogens is 1. The standard InChI is InChI=1S/C41H47BN4O2/c1-5-28-31-21-36-41-32(23-46(36)26(4)30(31)17-19-37(28)47)40-34(18-16-29-25(3)33(42)22-35(45-41)39(29)40)44-38(48)15-10-20-43-24(2)11-9-14-27-12-7-6-8-13-27/h6-8,12-13,21-22,28,34,43H,2,4-5,9-11,14-20,23,42H2,1,3H3,(H,44,48). The third kappa shape index (κ3) is 5.82. The Morgan fingerprint density at radius 1 is 1.10 bits per heavy atom. The van der Waals surface area contributed by atoms with Gasteiger partial charge in [0.25, 0.3) is 0 Å². The molecule has 7 heteroatoms. The van der Waals surface area contributed by atoms with Gasteiger partial charge in [-0.1, -0.05) is 61.4 Å². The Kier molecular flexibility index (Phi) is 8.89. The van der Waals surface area contributed by atoms with Gasteiger partial charge in [0.1, 0.15) is 13.6 Å². The number of hydrogen-bond acceptors (Lipinski definition) is 5. The first kappa shape index (κ1) is 32.2. The summed E-state index contributed by atoms with van der Waals surface area (Å²) in [6, 6.07) is 12.7. The Labute approximate surface area is 285 Å². The van der Waals surface area contributed by atoms with Crippen LogP contribution in [0.1, 0.15) is 97.8 Å². The zero-order valence-corrected chi connectivity index (χ0v) is 28.8. The van der Waals surface area contributed by atoms with Crippen molar-refractivity contribution < 1.29 is 9.59 Å². The van der Waals surface area contributed by atoms with E-state index in [4.69, 9.17) is 4.98 Å². The molecule has 0 bridgehead atoms. The predicted octanol–water partition coefficient (Wildman–Crippen LogP) is 6.18. The average molecular weight is 639 g/mol. The number of nitrogens with zero attached hydrogens (tertiary/aromatic N) is 2. The van der Waals surface area contributed by atoms with Crippen LogP contribution in [-0.4, -0.2) is 36.0 Å². The number of rotatable bonds is 11. The van der Waals surface area contributed by atoms with Gasteiger partial charge in [-0.2, -0.15) is 0 Å². The van der Waals surface area contributed by atoms with E-state index in [0.29, 0.717) is 25.2 Å². The Balaban J connectivity index is 1.09. The van der Waals surface area contributed by atoms with Gasteiger partial charge in [0.2, 0.25) is 5.91 Å². The normalized spacial score (nSPS) is 19.5. The topological polar surface area (TPSA) is 74.3 Å². The molecule has 2 N–H and O–H groups in total. The van der Waals surface area contributed by atoms with Crippen molar-refractivity contribution in [1.29, 1.82) is 0 Å². The van der Waals surface area contributed by atoms with Crippen LogP contribution in [0.2, 0.25) is 0 Å². The summed E-state index contributed by atoms with van der Waals surface area (Å²) in [7, 11) is 2.17. The lowest BCUT2D eigenvalue weighted by molar-refractivity contribution is -0.122. The van der Waals surface area contributed by atoms with Gasteiger partial charge >= 0.3 is 0 Å². The van der Waals surface area contributed by atoms with Crippen molar-refractivity contribution in [2.24, 2.45) is 5.92 Å². The second kappa shape index (κ2) is 13.3. The maximum Gasteiger partial charge on any atom is 0.220 e. The second-order valence-electron chi connectivity index (χ2n) is 14.1. The first-order valence-electron chi connectivity index (χ1n) is 17.9. The number of ketones is 1. The molecule has 1 amide bonds. The van der Waals surface area contributed by atoms with Gasteiger partial charge in [-0.25, -0.2) is 4.98 Å². The Morgan fingerprint density at radius 2 is 1.92 bits per heavy atom. The monoisotopic (exact) mass is 638 g/mol. The largest absolute Gasteiger partial charge is 0.389 e. The minimum atomic E-state index is -0.0764. The summed E-state index contributed by atoms with van der Waals surface area (Å²) in [5, 5.41) is 8.11. The second-order valence-corrected chi connectivity index (χ2v) is 14.1. The molecule has 48 heavy (non-hydrogen) atoms. The van der Waals surface area contributed by atoms with Crippen molar-refractivity contribution in [3.8, 4) is 0 Å². The van der Waals surface area contributed by atoms with Crippen LogP contribution in [0.15, 0.2) is 78.2 Å². The summed E-state index contributed by atoms with van der Waals surface area (Å²) in [5.41, 5.74) is 15.1. The Hall–Kier alpha value is -4.39. The lowest BCUT2D eigenvalue weighted by Gasteiger charge is -2.35. The molecule has 1 aromatic heterocycles. The van der Waals surface area contributed by atoms with E-state index in [1.54, 1.807) is 0 Å². The fourth-order valence-corrected chi connectivity index (χ4v) is 8.45. The highest BCUT2D eigenvalue weighted by atomic mass is 16.1. The van der Waals surface area contributed by atoms with E-state index >= 15 is 0 Å². The van der Waals surface area contributed by atoms with E-state index in [1.165, 1.54) is 44.2 Å². The fraction of sp³-hybridized carbons (Fsp3) is 0.390. The molecule has 0 radical (unpaired) electrons. The summed E-state index contributed by atoms with van der Waals surface area (Å²) in [6.07, 6.45) is 10.4. The van der Waals surface area contributed by atoms with E-state index in [1.807, 2.05) is 6.07 Å². The third-order valence-corrected chi connectivity index (χ3v) is 11.1. The molecule has 7 rings (SSSR count). The number of hydrogen-bond donors (Lipinski definition) is 2. The summed E-state index contributed by atoms with van der Waals surface area (Å²) in [4.78, 5) is 34.0. The molecule has 2 aliphatic carbocycles. The number of fused-ring (bicyclic) bond motifs is 4. The van der Waals surface area contributed by atoms with Crippen LogP contribution >= 0.6 is 0 Å². The maximum atomic E-state index is 13.5. The molecule has 2 unspecified atom stereocenters. The first-order valence-corrected chi connectivity index (χ1v) is 17.9. The van der Waals surface area contributed by atoms with Crippen LogP contribution in [0.5, 0.6) is 0 Å². The molecule has 2 aromatic carbocycles. The molecular weight excluding hydrogens is 591 g/mol. The van der Waals surface area contributed by atoms with Crippen LogP contribution in [0.3, 0.4) is 0 Å². The zero-order valence-electron chi connectivity index (χ0n) is 28.8. The molecule has 0 spiro atoms. The summed E-state index contributed by atoms with van der Waals surface area (Å²) >= 11 is 0. The number of nitrogens with one attached hydrogen (secondary N) is 2. The molecule has 6 nitrogen and oxygen atoms in total. The highest BCUT2D eigenvalue weighted by molar-refractivity contribution is 6.34. The minimum absolute atomic E-state index is 0.0740. The van der Waals surface area contributed by atoms with Crippen LogP contribution in [-0.2, 0) is 29.0 Å². The molecule has 0 fully saturated rings.